The Morgan fingerprint density at radius 1 is 0.932 bits per heavy atom. The van der Waals surface area contributed by atoms with E-state index in [1.807, 2.05) is 42.5 Å². The molecule has 0 unspecified atom stereocenters. The number of hydrogen-bond acceptors (Lipinski definition) is 6. The van der Waals surface area contributed by atoms with E-state index in [-0.39, 0.29) is 23.1 Å². The van der Waals surface area contributed by atoms with Crippen LogP contribution in [0.1, 0.15) is 76.8 Å². The first-order valence-corrected chi connectivity index (χ1v) is 15.3. The van der Waals surface area contributed by atoms with Crippen LogP contribution in [0.15, 0.2) is 66.1 Å². The summed E-state index contributed by atoms with van der Waals surface area (Å²) in [4.78, 5) is 31.6. The number of methoxy groups -OCH3 is 1. The van der Waals surface area contributed by atoms with Gasteiger partial charge in [0.1, 0.15) is 29.8 Å². The number of para-hydroxylation sites is 1. The molecule has 0 radical (unpaired) electrons. The summed E-state index contributed by atoms with van der Waals surface area (Å²) < 4.78 is 15.1. The topological polar surface area (TPSA) is 112 Å². The quantitative estimate of drug-likeness (QED) is 0.147. The van der Waals surface area contributed by atoms with E-state index in [1.165, 1.54) is 6.33 Å². The molecule has 4 aromatic rings. The molecule has 2 N–H and O–H groups in total. The second kappa shape index (κ2) is 15.2. The minimum atomic E-state index is -0.482. The van der Waals surface area contributed by atoms with Crippen LogP contribution in [-0.2, 0) is 13.1 Å². The van der Waals surface area contributed by atoms with Crippen molar-refractivity contribution in [2.24, 2.45) is 0 Å². The van der Waals surface area contributed by atoms with Gasteiger partial charge in [-0.05, 0) is 53.6 Å². The summed E-state index contributed by atoms with van der Waals surface area (Å²) in [7, 11) is 1.59. The van der Waals surface area contributed by atoms with Crippen molar-refractivity contribution in [3.05, 3.63) is 82.8 Å². The first-order valence-electron chi connectivity index (χ1n) is 15.3. The van der Waals surface area contributed by atoms with Crippen LogP contribution in [0.25, 0.3) is 11.1 Å². The molecule has 4 rings (SSSR count). The molecule has 44 heavy (non-hydrogen) atoms. The number of carbonyl (C=O) groups excluding carboxylic acids is 1. The van der Waals surface area contributed by atoms with E-state index in [0.717, 1.165) is 29.7 Å². The van der Waals surface area contributed by atoms with E-state index in [1.54, 1.807) is 28.9 Å². The Balaban J connectivity index is 1.71. The van der Waals surface area contributed by atoms with E-state index < -0.39 is 6.03 Å². The zero-order chi connectivity index (χ0) is 31.6. The van der Waals surface area contributed by atoms with Gasteiger partial charge in [-0.3, -0.25) is 9.48 Å². The van der Waals surface area contributed by atoms with Crippen LogP contribution in [-0.4, -0.2) is 39.1 Å². The minimum absolute atomic E-state index is 0.176. The standard InChI is InChI=1S/C34H44N6O4/c1-7-8-16-39-18-15-28(29-20-25(43-6)13-14-30(29)44-19-10-17-40-22-35-21-36-40)32(33(39)41)38-34(42)37-31-26(23(2)3)11-9-12-27(31)24(4)5/h9,11-15,18,20-24H,7-8,10,16-17,19H2,1-6H3,(H2,37,38,42). The van der Waals surface area contributed by atoms with Crippen molar-refractivity contribution in [1.29, 1.82) is 0 Å². The molecule has 10 heteroatoms. The van der Waals surface area contributed by atoms with Gasteiger partial charge in [-0.25, -0.2) is 9.78 Å². The van der Waals surface area contributed by atoms with E-state index in [9.17, 15) is 9.59 Å². The van der Waals surface area contributed by atoms with E-state index in [0.29, 0.717) is 48.7 Å². The van der Waals surface area contributed by atoms with Crippen molar-refractivity contribution < 1.29 is 14.3 Å². The summed E-state index contributed by atoms with van der Waals surface area (Å²) >= 11 is 0. The molecule has 234 valence electrons. The fourth-order valence-corrected chi connectivity index (χ4v) is 5.11. The Kier molecular flexibility index (Phi) is 11.2. The first kappa shape index (κ1) is 32.3. The smallest absolute Gasteiger partial charge is 0.323 e. The van der Waals surface area contributed by atoms with Crippen LogP contribution in [0.2, 0.25) is 0 Å². The number of amides is 2. The maximum Gasteiger partial charge on any atom is 0.323 e. The molecule has 2 heterocycles. The van der Waals surface area contributed by atoms with Crippen LogP contribution in [0.5, 0.6) is 11.5 Å². The molecule has 2 aromatic heterocycles. The lowest BCUT2D eigenvalue weighted by atomic mass is 9.93. The Morgan fingerprint density at radius 3 is 2.30 bits per heavy atom. The molecule has 0 aliphatic heterocycles. The molecular weight excluding hydrogens is 556 g/mol. The van der Waals surface area contributed by atoms with E-state index in [4.69, 9.17) is 9.47 Å². The van der Waals surface area contributed by atoms with Gasteiger partial charge in [-0.1, -0.05) is 59.2 Å². The molecule has 0 spiro atoms. The summed E-state index contributed by atoms with van der Waals surface area (Å²) in [5.41, 5.74) is 3.93. The highest BCUT2D eigenvalue weighted by Crippen LogP contribution is 2.37. The number of hydrogen-bond donors (Lipinski definition) is 2. The van der Waals surface area contributed by atoms with Crippen LogP contribution in [0.4, 0.5) is 16.2 Å². The zero-order valence-electron chi connectivity index (χ0n) is 26.6. The van der Waals surface area contributed by atoms with Gasteiger partial charge in [-0.15, -0.1) is 0 Å². The van der Waals surface area contributed by atoms with Crippen molar-refractivity contribution in [3.63, 3.8) is 0 Å². The average molecular weight is 601 g/mol. The number of nitrogens with zero attached hydrogens (tertiary/aromatic N) is 4. The van der Waals surface area contributed by atoms with Crippen molar-refractivity contribution >= 4 is 17.4 Å². The summed E-state index contributed by atoms with van der Waals surface area (Å²) in [5, 5.41) is 10.1. The van der Waals surface area contributed by atoms with Crippen molar-refractivity contribution in [1.82, 2.24) is 19.3 Å². The number of anilines is 2. The molecular formula is C34H44N6O4. The highest BCUT2D eigenvalue weighted by atomic mass is 16.5. The number of urea groups is 1. The number of unbranched alkanes of at least 4 members (excludes halogenated alkanes) is 1. The van der Waals surface area contributed by atoms with Crippen molar-refractivity contribution in [2.75, 3.05) is 24.4 Å². The highest BCUT2D eigenvalue weighted by Gasteiger charge is 2.21. The van der Waals surface area contributed by atoms with Gasteiger partial charge in [0.15, 0.2) is 0 Å². The highest BCUT2D eigenvalue weighted by molar-refractivity contribution is 6.03. The normalized spacial score (nSPS) is 11.2. The lowest BCUT2D eigenvalue weighted by Crippen LogP contribution is -2.29. The third-order valence-corrected chi connectivity index (χ3v) is 7.50. The maximum absolute atomic E-state index is 13.9. The molecule has 0 saturated carbocycles. The van der Waals surface area contributed by atoms with Gasteiger partial charge in [0.25, 0.3) is 5.56 Å². The number of nitrogens with one attached hydrogen (secondary N) is 2. The SMILES string of the molecule is CCCCn1ccc(-c2cc(OC)ccc2OCCCn2cncn2)c(NC(=O)Nc2c(C(C)C)cccc2C(C)C)c1=O. The van der Waals surface area contributed by atoms with Gasteiger partial charge in [0.05, 0.1) is 13.7 Å². The zero-order valence-corrected chi connectivity index (χ0v) is 26.6. The number of rotatable bonds is 14. The summed E-state index contributed by atoms with van der Waals surface area (Å²) in [5.74, 6) is 1.57. The van der Waals surface area contributed by atoms with Gasteiger partial charge in [0, 0.05) is 42.5 Å². The van der Waals surface area contributed by atoms with Crippen LogP contribution < -0.4 is 25.7 Å². The molecule has 0 aliphatic carbocycles. The monoisotopic (exact) mass is 600 g/mol. The Bertz CT molecular complexity index is 1570. The lowest BCUT2D eigenvalue weighted by Gasteiger charge is -2.21. The lowest BCUT2D eigenvalue weighted by molar-refractivity contribution is 0.262. The largest absolute Gasteiger partial charge is 0.497 e. The van der Waals surface area contributed by atoms with Gasteiger partial charge >= 0.3 is 6.03 Å². The van der Waals surface area contributed by atoms with Gasteiger partial charge in [-0.2, -0.15) is 5.10 Å². The van der Waals surface area contributed by atoms with E-state index in [2.05, 4.69) is 55.3 Å². The predicted molar refractivity (Wildman–Crippen MR) is 175 cm³/mol. The minimum Gasteiger partial charge on any atom is -0.497 e. The second-order valence-electron chi connectivity index (χ2n) is 11.4. The molecule has 10 nitrogen and oxygen atoms in total. The number of aromatic nitrogens is 4. The molecule has 2 amide bonds. The van der Waals surface area contributed by atoms with Crippen molar-refractivity contribution in [2.45, 2.75) is 78.8 Å². The molecule has 2 aromatic carbocycles. The molecule has 0 fully saturated rings. The number of ether oxygens (including phenoxy) is 2. The fraction of sp³-hybridized carbons (Fsp3) is 0.412. The summed E-state index contributed by atoms with van der Waals surface area (Å²) in [6.45, 7) is 12.1. The van der Waals surface area contributed by atoms with Gasteiger partial charge < -0.3 is 24.7 Å². The predicted octanol–water partition coefficient (Wildman–Crippen LogP) is 7.28. The third kappa shape index (κ3) is 7.86. The Morgan fingerprint density at radius 2 is 1.66 bits per heavy atom. The van der Waals surface area contributed by atoms with E-state index >= 15 is 0 Å². The number of carbonyl (C=O) groups is 1. The van der Waals surface area contributed by atoms with Crippen LogP contribution in [0, 0.1) is 0 Å². The second-order valence-corrected chi connectivity index (χ2v) is 11.4. The number of benzene rings is 2. The Labute approximate surface area is 259 Å². The van der Waals surface area contributed by atoms with Crippen molar-refractivity contribution in [3.8, 4) is 22.6 Å². The molecule has 0 saturated heterocycles. The fourth-order valence-electron chi connectivity index (χ4n) is 5.11. The summed E-state index contributed by atoms with van der Waals surface area (Å²) in [6, 6.07) is 12.9. The molecule has 0 atom stereocenters. The maximum atomic E-state index is 13.9. The van der Waals surface area contributed by atoms with Gasteiger partial charge in [0.2, 0.25) is 0 Å². The Hall–Kier alpha value is -4.60. The third-order valence-electron chi connectivity index (χ3n) is 7.50. The number of pyridine rings is 1. The van der Waals surface area contributed by atoms with Crippen LogP contribution in [0.3, 0.4) is 0 Å². The number of aryl methyl sites for hydroxylation is 2. The molecule has 0 bridgehead atoms. The first-order chi connectivity index (χ1) is 21.2. The average Bonchev–Trinajstić information content (AvgIpc) is 3.53. The van der Waals surface area contributed by atoms with Crippen LogP contribution >= 0.6 is 0 Å². The molecule has 0 aliphatic rings. The summed E-state index contributed by atoms with van der Waals surface area (Å²) in [6.07, 6.45) is 7.41.